The van der Waals surface area contributed by atoms with Crippen LogP contribution in [0.5, 0.6) is 11.6 Å². The standard InChI is InChI=1S/C16H16N2O4S/c1-21-14-6-5-12-7-9-18(16(12)17-14)23(19,20)13-4-2-3-11-8-10-22-15(11)13/h2-6H,7-10H2,1H3. The van der Waals surface area contributed by atoms with E-state index in [1.54, 1.807) is 18.2 Å². The van der Waals surface area contributed by atoms with Crippen molar-refractivity contribution in [2.45, 2.75) is 17.7 Å². The highest BCUT2D eigenvalue weighted by molar-refractivity contribution is 7.93. The Kier molecular flexibility index (Phi) is 3.19. The number of methoxy groups -OCH3 is 1. The zero-order valence-electron chi connectivity index (χ0n) is 12.7. The summed E-state index contributed by atoms with van der Waals surface area (Å²) in [6.07, 6.45) is 1.38. The molecule has 23 heavy (non-hydrogen) atoms. The SMILES string of the molecule is COc1ccc2c(n1)N(S(=O)(=O)c1cccc3c1OCC3)CC2. The Hall–Kier alpha value is -2.28. The van der Waals surface area contributed by atoms with Gasteiger partial charge in [0.25, 0.3) is 10.0 Å². The number of aromatic nitrogens is 1. The van der Waals surface area contributed by atoms with Crippen molar-refractivity contribution in [3.63, 3.8) is 0 Å². The third kappa shape index (κ3) is 2.15. The molecule has 2 aliphatic heterocycles. The summed E-state index contributed by atoms with van der Waals surface area (Å²) < 4.78 is 38.3. The van der Waals surface area contributed by atoms with E-state index in [1.807, 2.05) is 12.1 Å². The third-order valence-corrected chi connectivity index (χ3v) is 6.02. The second-order valence-electron chi connectivity index (χ2n) is 5.51. The number of rotatable bonds is 3. The Balaban J connectivity index is 1.82. The first-order valence-electron chi connectivity index (χ1n) is 7.42. The molecule has 0 aliphatic carbocycles. The van der Waals surface area contributed by atoms with Crippen LogP contribution in [0.1, 0.15) is 11.1 Å². The second-order valence-corrected chi connectivity index (χ2v) is 7.34. The number of anilines is 1. The maximum Gasteiger partial charge on any atom is 0.269 e. The summed E-state index contributed by atoms with van der Waals surface area (Å²) in [4.78, 5) is 4.54. The molecule has 2 aliphatic rings. The Morgan fingerprint density at radius 1 is 1.17 bits per heavy atom. The van der Waals surface area contributed by atoms with Crippen molar-refractivity contribution >= 4 is 15.8 Å². The number of benzene rings is 1. The summed E-state index contributed by atoms with van der Waals surface area (Å²) in [5.41, 5.74) is 1.84. The third-order valence-electron chi connectivity index (χ3n) is 4.21. The molecule has 0 N–H and O–H groups in total. The van der Waals surface area contributed by atoms with Gasteiger partial charge in [-0.25, -0.2) is 12.7 Å². The Bertz CT molecular complexity index is 880. The maximum absolute atomic E-state index is 13.1. The quantitative estimate of drug-likeness (QED) is 0.857. The van der Waals surface area contributed by atoms with E-state index in [0.717, 1.165) is 17.5 Å². The number of hydrogen-bond acceptors (Lipinski definition) is 5. The minimum atomic E-state index is -3.71. The number of ether oxygens (including phenoxy) is 2. The highest BCUT2D eigenvalue weighted by Crippen LogP contribution is 2.38. The summed E-state index contributed by atoms with van der Waals surface area (Å²) in [5, 5.41) is 0. The van der Waals surface area contributed by atoms with Crippen molar-refractivity contribution in [1.82, 2.24) is 4.98 Å². The van der Waals surface area contributed by atoms with Crippen molar-refractivity contribution in [2.24, 2.45) is 0 Å². The van der Waals surface area contributed by atoms with Crippen LogP contribution < -0.4 is 13.8 Å². The molecule has 0 atom stereocenters. The molecule has 0 bridgehead atoms. The molecular formula is C16H16N2O4S. The largest absolute Gasteiger partial charge is 0.492 e. The number of pyridine rings is 1. The van der Waals surface area contributed by atoms with Gasteiger partial charge in [-0.05, 0) is 29.7 Å². The van der Waals surface area contributed by atoms with Gasteiger partial charge < -0.3 is 9.47 Å². The van der Waals surface area contributed by atoms with Crippen molar-refractivity contribution < 1.29 is 17.9 Å². The average Bonchev–Trinajstić information content (AvgIpc) is 3.20. The van der Waals surface area contributed by atoms with Gasteiger partial charge in [0.1, 0.15) is 16.5 Å². The Morgan fingerprint density at radius 3 is 2.87 bits per heavy atom. The van der Waals surface area contributed by atoms with Gasteiger partial charge in [-0.1, -0.05) is 12.1 Å². The normalized spacial score (nSPS) is 16.0. The molecule has 1 aromatic heterocycles. The van der Waals surface area contributed by atoms with E-state index in [2.05, 4.69) is 4.98 Å². The molecule has 0 radical (unpaired) electrons. The summed E-state index contributed by atoms with van der Waals surface area (Å²) in [6.45, 7) is 0.895. The topological polar surface area (TPSA) is 68.7 Å². The lowest BCUT2D eigenvalue weighted by Gasteiger charge is -2.20. The molecule has 0 amide bonds. The van der Waals surface area contributed by atoms with Crippen molar-refractivity contribution in [2.75, 3.05) is 24.6 Å². The molecule has 0 spiro atoms. The molecule has 0 fully saturated rings. The van der Waals surface area contributed by atoms with E-state index in [0.29, 0.717) is 37.0 Å². The highest BCUT2D eigenvalue weighted by Gasteiger charge is 2.35. The minimum Gasteiger partial charge on any atom is -0.492 e. The zero-order chi connectivity index (χ0) is 16.0. The van der Waals surface area contributed by atoms with Crippen LogP contribution >= 0.6 is 0 Å². The number of sulfonamides is 1. The molecule has 0 unspecified atom stereocenters. The Morgan fingerprint density at radius 2 is 2.04 bits per heavy atom. The molecule has 4 rings (SSSR count). The smallest absolute Gasteiger partial charge is 0.269 e. The van der Waals surface area contributed by atoms with Crippen LogP contribution in [-0.4, -0.2) is 33.7 Å². The van der Waals surface area contributed by atoms with Gasteiger partial charge in [-0.2, -0.15) is 4.98 Å². The van der Waals surface area contributed by atoms with E-state index >= 15 is 0 Å². The lowest BCUT2D eigenvalue weighted by molar-refractivity contribution is 0.348. The maximum atomic E-state index is 13.1. The molecule has 6 nitrogen and oxygen atoms in total. The number of para-hydroxylation sites is 1. The van der Waals surface area contributed by atoms with E-state index < -0.39 is 10.0 Å². The molecule has 7 heteroatoms. The first-order chi connectivity index (χ1) is 11.1. The predicted octanol–water partition coefficient (Wildman–Crippen LogP) is 1.78. The first-order valence-corrected chi connectivity index (χ1v) is 8.86. The van der Waals surface area contributed by atoms with Gasteiger partial charge in [-0.3, -0.25) is 0 Å². The van der Waals surface area contributed by atoms with Crippen molar-refractivity contribution in [3.05, 3.63) is 41.5 Å². The molecule has 120 valence electrons. The van der Waals surface area contributed by atoms with Gasteiger partial charge in [-0.15, -0.1) is 0 Å². The minimum absolute atomic E-state index is 0.213. The van der Waals surface area contributed by atoms with Crippen LogP contribution in [0.25, 0.3) is 0 Å². The van der Waals surface area contributed by atoms with Crippen molar-refractivity contribution in [3.8, 4) is 11.6 Å². The fourth-order valence-corrected chi connectivity index (χ4v) is 4.68. The van der Waals surface area contributed by atoms with E-state index in [9.17, 15) is 8.42 Å². The lowest BCUT2D eigenvalue weighted by Crippen LogP contribution is -2.30. The van der Waals surface area contributed by atoms with E-state index in [-0.39, 0.29) is 4.90 Å². The summed E-state index contributed by atoms with van der Waals surface area (Å²) in [7, 11) is -2.20. The van der Waals surface area contributed by atoms with Crippen LogP contribution in [0.4, 0.5) is 5.82 Å². The summed E-state index contributed by atoms with van der Waals surface area (Å²) in [5.74, 6) is 1.32. The van der Waals surface area contributed by atoms with E-state index in [1.165, 1.54) is 11.4 Å². The second kappa shape index (κ2) is 5.13. The number of hydrogen-bond donors (Lipinski definition) is 0. The molecule has 0 saturated carbocycles. The molecule has 2 aromatic rings. The fraction of sp³-hybridized carbons (Fsp3) is 0.312. The number of nitrogens with zero attached hydrogens (tertiary/aromatic N) is 2. The zero-order valence-corrected chi connectivity index (χ0v) is 13.5. The van der Waals surface area contributed by atoms with Gasteiger partial charge in [0.15, 0.2) is 0 Å². The summed E-state index contributed by atoms with van der Waals surface area (Å²) in [6, 6.07) is 8.87. The highest BCUT2D eigenvalue weighted by atomic mass is 32.2. The first kappa shape index (κ1) is 14.3. The fourth-order valence-electron chi connectivity index (χ4n) is 3.05. The van der Waals surface area contributed by atoms with Crippen molar-refractivity contribution in [1.29, 1.82) is 0 Å². The lowest BCUT2D eigenvalue weighted by atomic mass is 10.2. The Labute approximate surface area is 134 Å². The van der Waals surface area contributed by atoms with Gasteiger partial charge >= 0.3 is 0 Å². The van der Waals surface area contributed by atoms with Crippen LogP contribution in [-0.2, 0) is 22.9 Å². The van der Waals surface area contributed by atoms with E-state index in [4.69, 9.17) is 9.47 Å². The molecule has 0 saturated heterocycles. The van der Waals surface area contributed by atoms with Gasteiger partial charge in [0.2, 0.25) is 5.88 Å². The summed E-state index contributed by atoms with van der Waals surface area (Å²) >= 11 is 0. The molecular weight excluding hydrogens is 316 g/mol. The predicted molar refractivity (Wildman–Crippen MR) is 84.7 cm³/mol. The molecule has 1 aromatic carbocycles. The number of fused-ring (bicyclic) bond motifs is 2. The van der Waals surface area contributed by atoms with Crippen LogP contribution in [0.15, 0.2) is 35.2 Å². The van der Waals surface area contributed by atoms with Gasteiger partial charge in [0.05, 0.1) is 13.7 Å². The van der Waals surface area contributed by atoms with Gasteiger partial charge in [0, 0.05) is 19.0 Å². The van der Waals surface area contributed by atoms with Crippen LogP contribution in [0.2, 0.25) is 0 Å². The van der Waals surface area contributed by atoms with Crippen LogP contribution in [0, 0.1) is 0 Å². The average molecular weight is 332 g/mol. The molecule has 3 heterocycles. The van der Waals surface area contributed by atoms with Crippen LogP contribution in [0.3, 0.4) is 0 Å². The monoisotopic (exact) mass is 332 g/mol.